The van der Waals surface area contributed by atoms with Gasteiger partial charge in [0, 0.05) is 0 Å². The molecule has 4 aliphatic rings. The van der Waals surface area contributed by atoms with Gasteiger partial charge in [0.25, 0.3) is 0 Å². The molecule has 25 heavy (non-hydrogen) atoms. The summed E-state index contributed by atoms with van der Waals surface area (Å²) in [6, 6.07) is 0. The fourth-order valence-corrected chi connectivity index (χ4v) is 6.60. The number of nitrogens with one attached hydrogen (secondary N) is 1. The van der Waals surface area contributed by atoms with Crippen LogP contribution in [0.25, 0.3) is 0 Å². The van der Waals surface area contributed by atoms with Gasteiger partial charge in [-0.3, -0.25) is 5.43 Å². The van der Waals surface area contributed by atoms with Crippen LogP contribution in [0.15, 0.2) is 16.8 Å². The number of hydrazone groups is 1. The minimum atomic E-state index is -0.0631. The van der Waals surface area contributed by atoms with Gasteiger partial charge >= 0.3 is 0 Å². The summed E-state index contributed by atoms with van der Waals surface area (Å²) in [5, 5.41) is 15.0. The zero-order valence-electron chi connectivity index (χ0n) is 15.3. The van der Waals surface area contributed by atoms with Crippen molar-refractivity contribution in [2.45, 2.75) is 64.4 Å². The highest BCUT2D eigenvalue weighted by molar-refractivity contribution is 8.22. The third-order valence-electron chi connectivity index (χ3n) is 7.74. The van der Waals surface area contributed by atoms with Gasteiger partial charge in [-0.15, -0.1) is 0 Å². The Hall–Kier alpha value is -0.390. The molecule has 4 rings (SSSR count). The maximum absolute atomic E-state index is 10.5. The second kappa shape index (κ2) is 6.97. The average molecular weight is 379 g/mol. The predicted octanol–water partition coefficient (Wildman–Crippen LogP) is 4.51. The Morgan fingerprint density at radius 1 is 1.24 bits per heavy atom. The first-order valence-electron chi connectivity index (χ1n) is 9.82. The average Bonchev–Trinajstić information content (AvgIpc) is 2.94. The van der Waals surface area contributed by atoms with Crippen LogP contribution < -0.4 is 5.43 Å². The molecule has 0 amide bonds. The predicted molar refractivity (Wildman–Crippen MR) is 110 cm³/mol. The second-order valence-electron chi connectivity index (χ2n) is 8.68. The number of thiocarbonyl (C=S) groups is 1. The zero-order valence-corrected chi connectivity index (χ0v) is 17.0. The van der Waals surface area contributed by atoms with Crippen LogP contribution in [0.2, 0.25) is 0 Å². The molecular formula is C20H30N2OS2. The fourth-order valence-electron chi connectivity index (χ4n) is 6.42. The first kappa shape index (κ1) is 18.0. The van der Waals surface area contributed by atoms with Crippen molar-refractivity contribution in [3.63, 3.8) is 0 Å². The van der Waals surface area contributed by atoms with Crippen molar-refractivity contribution in [3.8, 4) is 0 Å². The first-order valence-corrected chi connectivity index (χ1v) is 11.5. The molecule has 3 saturated carbocycles. The lowest BCUT2D eigenvalue weighted by Gasteiger charge is -2.53. The van der Waals surface area contributed by atoms with E-state index in [2.05, 4.69) is 23.5 Å². The van der Waals surface area contributed by atoms with Gasteiger partial charge in [0.1, 0.15) is 0 Å². The molecule has 2 N–H and O–H groups in total. The standard InChI is InChI=1S/C20H30N2OS2/c1-20-10-9-15-14-6-4-13(21-22-19(24)25-2)11-12(14)3-5-16(15)17(20)7-8-18(20)23/h11,14-18,23H,3-10H2,1-2H3,(H,22,24)/b21-13+/t14?,15?,16?,17?,18?,20-/m0/s1. The van der Waals surface area contributed by atoms with Crippen LogP contribution in [0.1, 0.15) is 58.3 Å². The molecule has 0 bridgehead atoms. The lowest BCUT2D eigenvalue weighted by molar-refractivity contribution is -0.0525. The van der Waals surface area contributed by atoms with E-state index in [-0.39, 0.29) is 11.5 Å². The summed E-state index contributed by atoms with van der Waals surface area (Å²) in [4.78, 5) is 0. The van der Waals surface area contributed by atoms with Gasteiger partial charge in [0.05, 0.1) is 11.8 Å². The Morgan fingerprint density at radius 3 is 2.88 bits per heavy atom. The molecular weight excluding hydrogens is 348 g/mol. The van der Waals surface area contributed by atoms with E-state index >= 15 is 0 Å². The molecule has 0 aromatic carbocycles. The number of hydrogen-bond donors (Lipinski definition) is 2. The van der Waals surface area contributed by atoms with Gasteiger partial charge in [-0.25, -0.2) is 0 Å². The summed E-state index contributed by atoms with van der Waals surface area (Å²) in [7, 11) is 0. The molecule has 3 nitrogen and oxygen atoms in total. The Kier molecular flexibility index (Phi) is 5.02. The Balaban J connectivity index is 1.50. The molecule has 0 saturated heterocycles. The molecule has 6 atom stereocenters. The highest BCUT2D eigenvalue weighted by Crippen LogP contribution is 2.61. The summed E-state index contributed by atoms with van der Waals surface area (Å²) >= 11 is 6.71. The molecule has 0 spiro atoms. The number of hydrogen-bond acceptors (Lipinski definition) is 4. The molecule has 0 aromatic rings. The fraction of sp³-hybridized carbons (Fsp3) is 0.800. The number of thioether (sulfide) groups is 1. The number of nitrogens with zero attached hydrogens (tertiary/aromatic N) is 1. The molecule has 5 unspecified atom stereocenters. The van der Waals surface area contributed by atoms with E-state index < -0.39 is 0 Å². The van der Waals surface area contributed by atoms with Crippen molar-refractivity contribution in [1.29, 1.82) is 0 Å². The molecule has 4 aliphatic carbocycles. The maximum atomic E-state index is 10.5. The molecule has 0 aliphatic heterocycles. The smallest absolute Gasteiger partial charge is 0.153 e. The van der Waals surface area contributed by atoms with E-state index in [1.54, 1.807) is 5.57 Å². The van der Waals surface area contributed by atoms with Crippen molar-refractivity contribution in [2.24, 2.45) is 34.2 Å². The molecule has 0 heterocycles. The summed E-state index contributed by atoms with van der Waals surface area (Å²) < 4.78 is 0.739. The quantitative estimate of drug-likeness (QED) is 0.520. The Bertz CT molecular complexity index is 617. The lowest BCUT2D eigenvalue weighted by Crippen LogP contribution is -2.47. The van der Waals surface area contributed by atoms with Gasteiger partial charge in [0.2, 0.25) is 0 Å². The first-order chi connectivity index (χ1) is 12.0. The topological polar surface area (TPSA) is 44.6 Å². The van der Waals surface area contributed by atoms with Gasteiger partial charge in [0.15, 0.2) is 4.32 Å². The monoisotopic (exact) mass is 378 g/mol. The minimum absolute atomic E-state index is 0.0631. The summed E-state index contributed by atoms with van der Waals surface area (Å²) in [6.07, 6.45) is 13.9. The van der Waals surface area contributed by atoms with Crippen LogP contribution in [0.3, 0.4) is 0 Å². The van der Waals surface area contributed by atoms with E-state index in [4.69, 9.17) is 12.2 Å². The Morgan fingerprint density at radius 2 is 2.08 bits per heavy atom. The molecule has 0 radical (unpaired) electrons. The molecule has 3 fully saturated rings. The van der Waals surface area contributed by atoms with Crippen LogP contribution >= 0.6 is 24.0 Å². The molecule has 0 aromatic heterocycles. The van der Waals surface area contributed by atoms with Crippen molar-refractivity contribution in [1.82, 2.24) is 5.43 Å². The molecule has 138 valence electrons. The van der Waals surface area contributed by atoms with Crippen molar-refractivity contribution in [2.75, 3.05) is 6.26 Å². The third kappa shape index (κ3) is 3.10. The zero-order chi connectivity index (χ0) is 17.6. The van der Waals surface area contributed by atoms with E-state index in [0.29, 0.717) is 0 Å². The van der Waals surface area contributed by atoms with Gasteiger partial charge < -0.3 is 5.11 Å². The molecule has 5 heteroatoms. The number of allylic oxidation sites excluding steroid dienone is 2. The third-order valence-corrected chi connectivity index (χ3v) is 8.79. The van der Waals surface area contributed by atoms with Crippen molar-refractivity contribution < 1.29 is 5.11 Å². The van der Waals surface area contributed by atoms with Gasteiger partial charge in [-0.1, -0.05) is 36.5 Å². The van der Waals surface area contributed by atoms with Crippen LogP contribution in [-0.2, 0) is 0 Å². The number of fused-ring (bicyclic) bond motifs is 5. The van der Waals surface area contributed by atoms with E-state index in [1.165, 1.54) is 50.3 Å². The second-order valence-corrected chi connectivity index (χ2v) is 10.2. The highest BCUT2D eigenvalue weighted by Gasteiger charge is 2.55. The summed E-state index contributed by atoms with van der Waals surface area (Å²) in [5.74, 6) is 3.18. The highest BCUT2D eigenvalue weighted by atomic mass is 32.2. The normalized spacial score (nSPS) is 44.5. The maximum Gasteiger partial charge on any atom is 0.153 e. The van der Waals surface area contributed by atoms with Crippen LogP contribution in [0.5, 0.6) is 0 Å². The summed E-state index contributed by atoms with van der Waals surface area (Å²) in [6.45, 7) is 2.36. The van der Waals surface area contributed by atoms with E-state index in [9.17, 15) is 5.11 Å². The summed E-state index contributed by atoms with van der Waals surface area (Å²) in [5.41, 5.74) is 5.99. The number of aliphatic hydroxyl groups is 1. The minimum Gasteiger partial charge on any atom is -0.393 e. The van der Waals surface area contributed by atoms with Crippen LogP contribution in [0, 0.1) is 29.1 Å². The number of aliphatic hydroxyl groups excluding tert-OH is 1. The van der Waals surface area contributed by atoms with Gasteiger partial charge in [-0.05, 0) is 92.8 Å². The van der Waals surface area contributed by atoms with E-state index in [1.807, 2.05) is 6.26 Å². The largest absolute Gasteiger partial charge is 0.393 e. The van der Waals surface area contributed by atoms with Crippen molar-refractivity contribution >= 4 is 34.0 Å². The van der Waals surface area contributed by atoms with Gasteiger partial charge in [-0.2, -0.15) is 5.10 Å². The lowest BCUT2D eigenvalue weighted by atomic mass is 9.52. The SMILES string of the molecule is CSC(=S)N/N=C1/C=C2CCC3C(CC[C@]4(C)C(O)CCC34)C2CC1. The van der Waals surface area contributed by atoms with Crippen LogP contribution in [0.4, 0.5) is 0 Å². The number of rotatable bonds is 1. The Labute approximate surface area is 161 Å². The van der Waals surface area contributed by atoms with Crippen LogP contribution in [-0.4, -0.2) is 27.5 Å². The van der Waals surface area contributed by atoms with E-state index in [0.717, 1.165) is 46.5 Å². The van der Waals surface area contributed by atoms with Crippen molar-refractivity contribution in [3.05, 3.63) is 11.6 Å².